The van der Waals surface area contributed by atoms with Crippen LogP contribution in [0.2, 0.25) is 0 Å². The van der Waals surface area contributed by atoms with Gasteiger partial charge in [-0.3, -0.25) is 0 Å². The van der Waals surface area contributed by atoms with Gasteiger partial charge in [-0.05, 0) is 26.3 Å². The molecule has 0 saturated carbocycles. The third kappa shape index (κ3) is 1.42. The van der Waals surface area contributed by atoms with E-state index in [0.717, 1.165) is 26.9 Å². The van der Waals surface area contributed by atoms with Crippen molar-refractivity contribution in [3.63, 3.8) is 0 Å². The molecule has 1 spiro atoms. The first kappa shape index (κ1) is 11.5. The lowest BCUT2D eigenvalue weighted by atomic mass is 9.71. The Morgan fingerprint density at radius 2 is 2.00 bits per heavy atom. The van der Waals surface area contributed by atoms with Crippen LogP contribution in [0.5, 0.6) is 0 Å². The highest BCUT2D eigenvalue weighted by Crippen LogP contribution is 2.58. The highest BCUT2D eigenvalue weighted by Gasteiger charge is 2.48. The molecule has 0 bridgehead atoms. The van der Waals surface area contributed by atoms with Gasteiger partial charge in [0.2, 0.25) is 0 Å². The molecule has 0 fully saturated rings. The van der Waals surface area contributed by atoms with E-state index in [1.54, 1.807) is 0 Å². The van der Waals surface area contributed by atoms with E-state index >= 15 is 0 Å². The average molecular weight is 356 g/mol. The van der Waals surface area contributed by atoms with E-state index in [2.05, 4.69) is 63.1 Å². The van der Waals surface area contributed by atoms with E-state index in [-0.39, 0.29) is 5.41 Å². The Labute approximate surface area is 118 Å². The quantitative estimate of drug-likeness (QED) is 0.588. The van der Waals surface area contributed by atoms with Crippen molar-refractivity contribution in [1.82, 2.24) is 0 Å². The molecule has 0 N–H and O–H groups in total. The summed E-state index contributed by atoms with van der Waals surface area (Å²) in [5.74, 6) is 2.07. The molecular weight excluding hydrogens is 344 g/mol. The zero-order valence-electron chi connectivity index (χ0n) is 9.68. The summed E-state index contributed by atoms with van der Waals surface area (Å²) in [5.41, 5.74) is 2.38. The van der Waals surface area contributed by atoms with Crippen molar-refractivity contribution in [1.29, 1.82) is 0 Å². The van der Waals surface area contributed by atoms with E-state index in [4.69, 9.17) is 4.74 Å². The van der Waals surface area contributed by atoms with E-state index in [1.165, 1.54) is 11.1 Å². The van der Waals surface area contributed by atoms with Crippen LogP contribution in [-0.4, -0.2) is 0 Å². The Hall–Kier alpha value is -0.540. The lowest BCUT2D eigenvalue weighted by molar-refractivity contribution is 0.277. The zero-order valence-corrected chi connectivity index (χ0v) is 12.9. The van der Waals surface area contributed by atoms with Gasteiger partial charge in [-0.15, -0.1) is 0 Å². The Kier molecular flexibility index (Phi) is 2.53. The summed E-state index contributed by atoms with van der Waals surface area (Å²) in [7, 11) is 0. The maximum Gasteiger partial charge on any atom is 0.122 e. The van der Waals surface area contributed by atoms with Crippen molar-refractivity contribution < 1.29 is 4.74 Å². The first-order valence-corrected chi connectivity index (χ1v) is 7.17. The fourth-order valence-electron chi connectivity index (χ4n) is 2.83. The highest BCUT2D eigenvalue weighted by atomic mass is 79.9. The number of hydrogen-bond acceptors (Lipinski definition) is 1. The predicted octanol–water partition coefficient (Wildman–Crippen LogP) is 5.08. The van der Waals surface area contributed by atoms with Crippen LogP contribution in [0, 0.1) is 5.41 Å². The van der Waals surface area contributed by atoms with Gasteiger partial charge in [0.05, 0.1) is 5.41 Å². The van der Waals surface area contributed by atoms with Gasteiger partial charge in [-0.25, -0.2) is 0 Å². The maximum absolute atomic E-state index is 6.02. The van der Waals surface area contributed by atoms with Crippen molar-refractivity contribution in [2.45, 2.75) is 20.3 Å². The number of hydrogen-bond donors (Lipinski definition) is 0. The minimum Gasteiger partial charge on any atom is -0.464 e. The van der Waals surface area contributed by atoms with Crippen LogP contribution < -0.4 is 0 Å². The van der Waals surface area contributed by atoms with Gasteiger partial charge in [0.1, 0.15) is 11.5 Å². The summed E-state index contributed by atoms with van der Waals surface area (Å²) in [6.45, 7) is 4.14. The molecule has 2 aliphatic carbocycles. The van der Waals surface area contributed by atoms with Crippen molar-refractivity contribution in [3.8, 4) is 0 Å². The van der Waals surface area contributed by atoms with Crippen molar-refractivity contribution in [2.75, 3.05) is 0 Å². The third-order valence-electron chi connectivity index (χ3n) is 3.62. The number of rotatable bonds is 0. The number of halogens is 2. The molecule has 0 aromatic carbocycles. The monoisotopic (exact) mass is 354 g/mol. The van der Waals surface area contributed by atoms with Crippen LogP contribution in [0.4, 0.5) is 0 Å². The lowest BCUT2D eigenvalue weighted by Crippen LogP contribution is -2.24. The average Bonchev–Trinajstić information content (AvgIpc) is 2.60. The second-order valence-corrected chi connectivity index (χ2v) is 6.30. The van der Waals surface area contributed by atoms with Crippen LogP contribution in [0.3, 0.4) is 0 Å². The molecule has 1 nitrogen and oxygen atoms in total. The predicted molar refractivity (Wildman–Crippen MR) is 76.7 cm³/mol. The van der Waals surface area contributed by atoms with E-state index in [9.17, 15) is 0 Å². The van der Waals surface area contributed by atoms with Gasteiger partial charge in [0.25, 0.3) is 0 Å². The molecule has 1 unspecified atom stereocenters. The molecule has 0 aromatic heterocycles. The minimum absolute atomic E-state index is 0.0843. The van der Waals surface area contributed by atoms with Gasteiger partial charge in [-0.1, -0.05) is 50.1 Å². The molecule has 17 heavy (non-hydrogen) atoms. The summed E-state index contributed by atoms with van der Waals surface area (Å²) in [5, 5.41) is 0. The van der Waals surface area contributed by atoms with Gasteiger partial charge in [-0.2, -0.15) is 0 Å². The standard InChI is InChI=1S/C14H12Br2O/c1-8-10(15)5-7-14-6-3-4-11(16)12(14)9(2)17-13(8)14/h3-6H,7H2,1-2H3. The fourth-order valence-corrected chi connectivity index (χ4v) is 3.96. The third-order valence-corrected chi connectivity index (χ3v) is 5.20. The number of ether oxygens (including phenoxy) is 1. The molecule has 1 heterocycles. The molecular formula is C14H12Br2O. The molecule has 1 atom stereocenters. The van der Waals surface area contributed by atoms with Crippen LogP contribution >= 0.6 is 31.9 Å². The summed E-state index contributed by atoms with van der Waals surface area (Å²) in [6.07, 6.45) is 9.62. The highest BCUT2D eigenvalue weighted by molar-refractivity contribution is 9.12. The van der Waals surface area contributed by atoms with E-state index in [0.29, 0.717) is 0 Å². The topological polar surface area (TPSA) is 9.23 Å². The zero-order chi connectivity index (χ0) is 12.2. The summed E-state index contributed by atoms with van der Waals surface area (Å²) < 4.78 is 8.30. The Morgan fingerprint density at radius 3 is 2.76 bits per heavy atom. The van der Waals surface area contributed by atoms with Crippen molar-refractivity contribution >= 4 is 31.9 Å². The first-order valence-electron chi connectivity index (χ1n) is 5.58. The minimum atomic E-state index is -0.0843. The van der Waals surface area contributed by atoms with Gasteiger partial charge < -0.3 is 4.74 Å². The van der Waals surface area contributed by atoms with Crippen LogP contribution in [0.15, 0.2) is 55.9 Å². The van der Waals surface area contributed by atoms with E-state index < -0.39 is 0 Å². The Bertz CT molecular complexity index is 561. The van der Waals surface area contributed by atoms with Crippen LogP contribution in [0.1, 0.15) is 20.3 Å². The smallest absolute Gasteiger partial charge is 0.122 e. The van der Waals surface area contributed by atoms with E-state index in [1.807, 2.05) is 6.92 Å². The molecule has 1 aliphatic heterocycles. The normalized spacial score (nSPS) is 30.8. The van der Waals surface area contributed by atoms with Gasteiger partial charge in [0, 0.05) is 20.1 Å². The second kappa shape index (κ2) is 3.72. The van der Waals surface area contributed by atoms with Crippen LogP contribution in [0.25, 0.3) is 0 Å². The second-order valence-electron chi connectivity index (χ2n) is 4.59. The summed E-state index contributed by atoms with van der Waals surface area (Å²) in [6, 6.07) is 0. The fraction of sp³-hybridized carbons (Fsp3) is 0.286. The molecule has 88 valence electrons. The Morgan fingerprint density at radius 1 is 1.24 bits per heavy atom. The molecule has 3 heteroatoms. The Balaban J connectivity index is 2.25. The van der Waals surface area contributed by atoms with Gasteiger partial charge >= 0.3 is 0 Å². The number of allylic oxidation sites excluding steroid dienone is 8. The summed E-state index contributed by atoms with van der Waals surface area (Å²) >= 11 is 7.24. The van der Waals surface area contributed by atoms with Crippen molar-refractivity contribution in [2.24, 2.45) is 5.41 Å². The molecule has 0 aromatic rings. The SMILES string of the molecule is CC1=C2C(Br)=CC=CC23CC=C(Br)C(C)=C3O1. The largest absolute Gasteiger partial charge is 0.464 e. The molecule has 0 radical (unpaired) electrons. The molecule has 0 saturated heterocycles. The van der Waals surface area contributed by atoms with Crippen LogP contribution in [-0.2, 0) is 4.74 Å². The molecule has 3 rings (SSSR count). The molecule has 3 aliphatic rings. The van der Waals surface area contributed by atoms with Crippen molar-refractivity contribution in [3.05, 3.63) is 55.9 Å². The molecule has 0 amide bonds. The first-order chi connectivity index (χ1) is 8.06. The summed E-state index contributed by atoms with van der Waals surface area (Å²) in [4.78, 5) is 0. The van der Waals surface area contributed by atoms with Gasteiger partial charge in [0.15, 0.2) is 0 Å². The lowest BCUT2D eigenvalue weighted by Gasteiger charge is -2.33. The maximum atomic E-state index is 6.02.